The Morgan fingerprint density at radius 3 is 1.91 bits per heavy atom. The zero-order valence-corrected chi connectivity index (χ0v) is 24.0. The molecular formula is C31H34N6O7. The molecule has 13 nitrogen and oxygen atoms in total. The van der Waals surface area contributed by atoms with Crippen molar-refractivity contribution in [3.63, 3.8) is 0 Å². The van der Waals surface area contributed by atoms with E-state index in [1.807, 2.05) is 30.3 Å². The van der Waals surface area contributed by atoms with Gasteiger partial charge in [-0.05, 0) is 60.9 Å². The Balaban J connectivity index is 1.69. The number of phenolic OH excluding ortho intramolecular Hbond substituents is 1. The molecule has 13 heteroatoms. The highest BCUT2D eigenvalue weighted by Gasteiger charge is 2.29. The maximum absolute atomic E-state index is 13.3. The predicted octanol–water partition coefficient (Wildman–Crippen LogP) is 2.42. The van der Waals surface area contributed by atoms with Gasteiger partial charge in [0.1, 0.15) is 23.9 Å². The lowest BCUT2D eigenvalue weighted by Gasteiger charge is -2.24. The minimum absolute atomic E-state index is 0.00117. The Labute approximate surface area is 253 Å². The van der Waals surface area contributed by atoms with Gasteiger partial charge in [-0.1, -0.05) is 42.5 Å². The van der Waals surface area contributed by atoms with Crippen LogP contribution in [0.4, 0.5) is 11.4 Å². The second kappa shape index (κ2) is 16.2. The number of carbonyl (C=O) groups is 5. The van der Waals surface area contributed by atoms with Crippen molar-refractivity contribution in [1.29, 1.82) is 0 Å². The third kappa shape index (κ3) is 11.0. The SMILES string of the molecule is C[C@H](NC(=O)[C@H](Cc1ccc(O)cc1)NC(=O)[C@H](CCC(N)=O)NC(=O)Cc1ccc(N=Nc2ccccc2)cc1)C(=O)O. The lowest BCUT2D eigenvalue weighted by molar-refractivity contribution is -0.141. The fourth-order valence-electron chi connectivity index (χ4n) is 4.00. The number of primary amides is 1. The minimum Gasteiger partial charge on any atom is -0.508 e. The van der Waals surface area contributed by atoms with E-state index in [1.54, 1.807) is 36.4 Å². The Morgan fingerprint density at radius 1 is 0.750 bits per heavy atom. The molecule has 4 amide bonds. The molecule has 0 heterocycles. The summed E-state index contributed by atoms with van der Waals surface area (Å²) >= 11 is 0. The third-order valence-corrected chi connectivity index (χ3v) is 6.41. The predicted molar refractivity (Wildman–Crippen MR) is 160 cm³/mol. The summed E-state index contributed by atoms with van der Waals surface area (Å²) in [6.45, 7) is 1.27. The normalized spacial score (nSPS) is 12.9. The van der Waals surface area contributed by atoms with Crippen LogP contribution in [0.5, 0.6) is 5.75 Å². The Hall–Kier alpha value is -5.59. The van der Waals surface area contributed by atoms with Gasteiger partial charge in [-0.3, -0.25) is 24.0 Å². The van der Waals surface area contributed by atoms with Crippen molar-refractivity contribution in [2.24, 2.45) is 16.0 Å². The lowest BCUT2D eigenvalue weighted by atomic mass is 10.0. The van der Waals surface area contributed by atoms with E-state index in [4.69, 9.17) is 5.73 Å². The number of hydrogen-bond donors (Lipinski definition) is 6. The van der Waals surface area contributed by atoms with Crippen molar-refractivity contribution in [3.8, 4) is 5.75 Å². The maximum Gasteiger partial charge on any atom is 0.325 e. The summed E-state index contributed by atoms with van der Waals surface area (Å²) in [6.07, 6.45) is -0.492. The number of nitrogens with two attached hydrogens (primary N) is 1. The van der Waals surface area contributed by atoms with Crippen LogP contribution in [0, 0.1) is 0 Å². The van der Waals surface area contributed by atoms with Crippen molar-refractivity contribution < 1.29 is 34.2 Å². The number of aromatic hydroxyl groups is 1. The number of nitrogens with zero attached hydrogens (tertiary/aromatic N) is 2. The second-order valence-electron chi connectivity index (χ2n) is 10.0. The zero-order chi connectivity index (χ0) is 32.1. The van der Waals surface area contributed by atoms with Gasteiger partial charge in [0.15, 0.2) is 0 Å². The van der Waals surface area contributed by atoms with Crippen molar-refractivity contribution in [1.82, 2.24) is 16.0 Å². The van der Waals surface area contributed by atoms with E-state index in [0.717, 1.165) is 0 Å². The van der Waals surface area contributed by atoms with E-state index in [9.17, 15) is 34.2 Å². The first kappa shape index (κ1) is 32.9. The first-order chi connectivity index (χ1) is 21.0. The highest BCUT2D eigenvalue weighted by Crippen LogP contribution is 2.18. The number of benzene rings is 3. The summed E-state index contributed by atoms with van der Waals surface area (Å²) in [7, 11) is 0. The van der Waals surface area contributed by atoms with Crippen LogP contribution in [-0.2, 0) is 36.8 Å². The molecule has 0 aliphatic heterocycles. The minimum atomic E-state index is -1.27. The van der Waals surface area contributed by atoms with Crippen LogP contribution in [0.3, 0.4) is 0 Å². The fraction of sp³-hybridized carbons (Fsp3) is 0.258. The van der Waals surface area contributed by atoms with Crippen LogP contribution in [0.15, 0.2) is 89.1 Å². The van der Waals surface area contributed by atoms with Crippen LogP contribution in [0.1, 0.15) is 30.9 Å². The third-order valence-electron chi connectivity index (χ3n) is 6.41. The molecule has 0 unspecified atom stereocenters. The van der Waals surface area contributed by atoms with Crippen molar-refractivity contribution in [2.45, 2.75) is 50.7 Å². The molecule has 0 fully saturated rings. The standard InChI is InChI=1S/C31H34N6O7/c1-19(31(43)44)33-30(42)26(17-20-9-13-24(38)14-10-20)35-29(41)25(15-16-27(32)39)34-28(40)18-21-7-11-23(12-8-21)37-36-22-5-3-2-4-6-22/h2-14,19,25-26,38H,15-18H2,1H3,(H2,32,39)(H,33,42)(H,34,40)(H,35,41)(H,43,44)/t19-,25-,26-/m0/s1. The average Bonchev–Trinajstić information content (AvgIpc) is 2.99. The number of carboxylic acids is 1. The molecule has 0 bridgehead atoms. The number of carbonyl (C=O) groups excluding carboxylic acids is 4. The van der Waals surface area contributed by atoms with Gasteiger partial charge in [-0.2, -0.15) is 10.2 Å². The second-order valence-corrected chi connectivity index (χ2v) is 10.0. The van der Waals surface area contributed by atoms with Gasteiger partial charge in [0, 0.05) is 12.8 Å². The van der Waals surface area contributed by atoms with E-state index in [-0.39, 0.29) is 31.4 Å². The highest BCUT2D eigenvalue weighted by atomic mass is 16.4. The maximum atomic E-state index is 13.3. The van der Waals surface area contributed by atoms with Gasteiger partial charge >= 0.3 is 5.97 Å². The van der Waals surface area contributed by atoms with Gasteiger partial charge in [0.05, 0.1) is 17.8 Å². The summed E-state index contributed by atoms with van der Waals surface area (Å²) < 4.78 is 0. The van der Waals surface area contributed by atoms with Gasteiger partial charge in [0.25, 0.3) is 0 Å². The first-order valence-electron chi connectivity index (χ1n) is 13.7. The van der Waals surface area contributed by atoms with Crippen LogP contribution >= 0.6 is 0 Å². The van der Waals surface area contributed by atoms with Crippen molar-refractivity contribution in [2.75, 3.05) is 0 Å². The molecule has 44 heavy (non-hydrogen) atoms. The molecule has 3 atom stereocenters. The van der Waals surface area contributed by atoms with Gasteiger partial charge < -0.3 is 31.9 Å². The molecule has 0 aromatic heterocycles. The van der Waals surface area contributed by atoms with Crippen molar-refractivity contribution >= 4 is 41.0 Å². The summed E-state index contributed by atoms with van der Waals surface area (Å²) in [5.41, 5.74) is 7.74. The van der Waals surface area contributed by atoms with Crippen LogP contribution in [-0.4, -0.2) is 57.9 Å². The molecule has 0 spiro atoms. The van der Waals surface area contributed by atoms with Gasteiger partial charge in [0.2, 0.25) is 23.6 Å². The molecule has 0 saturated heterocycles. The lowest BCUT2D eigenvalue weighted by Crippen LogP contribution is -2.56. The quantitative estimate of drug-likeness (QED) is 0.143. The fourth-order valence-corrected chi connectivity index (χ4v) is 4.00. The largest absolute Gasteiger partial charge is 0.508 e. The van der Waals surface area contributed by atoms with Crippen molar-refractivity contribution in [3.05, 3.63) is 90.0 Å². The average molecular weight is 603 g/mol. The van der Waals surface area contributed by atoms with E-state index >= 15 is 0 Å². The highest BCUT2D eigenvalue weighted by molar-refractivity contribution is 5.94. The molecule has 0 aliphatic rings. The van der Waals surface area contributed by atoms with Crippen LogP contribution in [0.2, 0.25) is 0 Å². The molecule has 3 rings (SSSR count). The monoisotopic (exact) mass is 602 g/mol. The first-order valence-corrected chi connectivity index (χ1v) is 13.7. The van der Waals surface area contributed by atoms with E-state index in [0.29, 0.717) is 22.5 Å². The Morgan fingerprint density at radius 2 is 1.32 bits per heavy atom. The number of azo groups is 1. The topological polar surface area (TPSA) is 213 Å². The molecule has 0 aliphatic carbocycles. The number of rotatable bonds is 15. The van der Waals surface area contributed by atoms with E-state index in [2.05, 4.69) is 26.2 Å². The van der Waals surface area contributed by atoms with Crippen LogP contribution < -0.4 is 21.7 Å². The summed E-state index contributed by atoms with van der Waals surface area (Å²) in [4.78, 5) is 62.0. The number of nitrogens with one attached hydrogen (secondary N) is 3. The molecule has 3 aromatic carbocycles. The number of carboxylic acid groups (broad SMARTS) is 1. The van der Waals surface area contributed by atoms with Gasteiger partial charge in [-0.15, -0.1) is 0 Å². The number of hydrogen-bond acceptors (Lipinski definition) is 8. The number of phenols is 1. The Kier molecular flexibility index (Phi) is 12.1. The van der Waals surface area contributed by atoms with E-state index < -0.39 is 47.7 Å². The molecule has 230 valence electrons. The number of amides is 4. The summed E-state index contributed by atoms with van der Waals surface area (Å²) in [5.74, 6) is -4.02. The van der Waals surface area contributed by atoms with Gasteiger partial charge in [-0.25, -0.2) is 0 Å². The zero-order valence-electron chi connectivity index (χ0n) is 24.0. The van der Waals surface area contributed by atoms with E-state index in [1.165, 1.54) is 19.1 Å². The molecule has 3 aromatic rings. The smallest absolute Gasteiger partial charge is 0.325 e. The number of aliphatic carboxylic acids is 1. The molecule has 7 N–H and O–H groups in total. The summed E-state index contributed by atoms with van der Waals surface area (Å²) in [6, 6.07) is 18.2. The molecular weight excluding hydrogens is 568 g/mol. The Bertz CT molecular complexity index is 1480. The molecule has 0 saturated carbocycles. The molecule has 0 radical (unpaired) electrons. The van der Waals surface area contributed by atoms with Crippen LogP contribution in [0.25, 0.3) is 0 Å². The summed E-state index contributed by atoms with van der Waals surface area (Å²) in [5, 5.41) is 34.6.